The van der Waals surface area contributed by atoms with Crippen molar-refractivity contribution in [2.75, 3.05) is 26.2 Å². The Bertz CT molecular complexity index is 654. The van der Waals surface area contributed by atoms with Gasteiger partial charge in [-0.1, -0.05) is 6.92 Å². The molecule has 8 nitrogen and oxygen atoms in total. The zero-order chi connectivity index (χ0) is 19.8. The molecule has 3 amide bonds. The van der Waals surface area contributed by atoms with Crippen molar-refractivity contribution in [3.63, 3.8) is 0 Å². The van der Waals surface area contributed by atoms with Gasteiger partial charge in [0, 0.05) is 31.5 Å². The fourth-order valence-corrected chi connectivity index (χ4v) is 2.89. The first-order chi connectivity index (χ1) is 13.0. The summed E-state index contributed by atoms with van der Waals surface area (Å²) in [6.07, 6.45) is 4.68. The van der Waals surface area contributed by atoms with E-state index in [0.717, 1.165) is 25.0 Å². The summed E-state index contributed by atoms with van der Waals surface area (Å²) < 4.78 is 6.81. The van der Waals surface area contributed by atoms with Gasteiger partial charge in [0.15, 0.2) is 0 Å². The van der Waals surface area contributed by atoms with Crippen LogP contribution in [-0.4, -0.2) is 64.6 Å². The van der Waals surface area contributed by atoms with E-state index < -0.39 is 12.0 Å². The van der Waals surface area contributed by atoms with Crippen LogP contribution in [0.15, 0.2) is 18.3 Å². The second-order valence-electron chi connectivity index (χ2n) is 6.75. The molecule has 1 saturated carbocycles. The highest BCUT2D eigenvalue weighted by atomic mass is 16.5. The first-order valence-electron chi connectivity index (χ1n) is 9.54. The van der Waals surface area contributed by atoms with Crippen LogP contribution in [-0.2, 0) is 27.9 Å². The molecule has 1 N–H and O–H groups in total. The predicted octanol–water partition coefficient (Wildman–Crippen LogP) is 1.50. The number of carbonyl (C=O) groups is 3. The lowest BCUT2D eigenvalue weighted by Gasteiger charge is -2.27. The van der Waals surface area contributed by atoms with E-state index in [0.29, 0.717) is 13.1 Å². The molecular formula is C19H30N4O4. The lowest BCUT2D eigenvalue weighted by Crippen LogP contribution is -2.48. The molecule has 0 aromatic carbocycles. The maximum atomic E-state index is 12.9. The summed E-state index contributed by atoms with van der Waals surface area (Å²) >= 11 is 0. The predicted molar refractivity (Wildman–Crippen MR) is 101 cm³/mol. The Morgan fingerprint density at radius 3 is 2.59 bits per heavy atom. The van der Waals surface area contributed by atoms with Crippen molar-refractivity contribution in [3.8, 4) is 0 Å². The Labute approximate surface area is 160 Å². The van der Waals surface area contributed by atoms with Crippen LogP contribution in [0.25, 0.3) is 0 Å². The zero-order valence-corrected chi connectivity index (χ0v) is 16.4. The van der Waals surface area contributed by atoms with E-state index in [-0.39, 0.29) is 31.6 Å². The van der Waals surface area contributed by atoms with Gasteiger partial charge in [0.05, 0.1) is 13.2 Å². The van der Waals surface area contributed by atoms with Gasteiger partial charge in [-0.25, -0.2) is 4.79 Å². The largest absolute Gasteiger partial charge is 0.465 e. The topological polar surface area (TPSA) is 83.9 Å². The van der Waals surface area contributed by atoms with E-state index in [1.54, 1.807) is 6.92 Å². The minimum absolute atomic E-state index is 0.00339. The summed E-state index contributed by atoms with van der Waals surface area (Å²) in [4.78, 5) is 40.0. The quantitative estimate of drug-likeness (QED) is 0.626. The number of esters is 1. The van der Waals surface area contributed by atoms with Gasteiger partial charge >= 0.3 is 12.0 Å². The minimum Gasteiger partial charge on any atom is -0.465 e. The second kappa shape index (κ2) is 9.99. The van der Waals surface area contributed by atoms with Crippen LogP contribution in [0, 0.1) is 0 Å². The molecule has 1 aromatic rings. The van der Waals surface area contributed by atoms with Gasteiger partial charge in [0.25, 0.3) is 0 Å². The van der Waals surface area contributed by atoms with E-state index in [2.05, 4.69) is 5.32 Å². The molecule has 0 aliphatic heterocycles. The van der Waals surface area contributed by atoms with Crippen LogP contribution >= 0.6 is 0 Å². The Morgan fingerprint density at radius 2 is 2.04 bits per heavy atom. The van der Waals surface area contributed by atoms with Crippen molar-refractivity contribution in [3.05, 3.63) is 24.0 Å². The number of hydrogen-bond donors (Lipinski definition) is 1. The molecule has 0 atom stereocenters. The molecule has 27 heavy (non-hydrogen) atoms. The third kappa shape index (κ3) is 6.30. The van der Waals surface area contributed by atoms with Crippen LogP contribution in [0.3, 0.4) is 0 Å². The number of amides is 3. The molecule has 2 rings (SSSR count). The van der Waals surface area contributed by atoms with E-state index in [4.69, 9.17) is 4.74 Å². The van der Waals surface area contributed by atoms with E-state index in [9.17, 15) is 14.4 Å². The Kier molecular flexibility index (Phi) is 7.69. The summed E-state index contributed by atoms with van der Waals surface area (Å²) in [5, 5.41) is 2.53. The zero-order valence-electron chi connectivity index (χ0n) is 16.4. The number of ether oxygens (including phenoxy) is 1. The van der Waals surface area contributed by atoms with Crippen LogP contribution in [0.4, 0.5) is 4.79 Å². The summed E-state index contributed by atoms with van der Waals surface area (Å²) in [5.41, 5.74) is 1.06. The fraction of sp³-hybridized carbons (Fsp3) is 0.632. The monoisotopic (exact) mass is 378 g/mol. The molecule has 0 unspecified atom stereocenters. The summed E-state index contributed by atoms with van der Waals surface area (Å²) in [5.74, 6) is -0.560. The highest BCUT2D eigenvalue weighted by molar-refractivity contribution is 5.86. The van der Waals surface area contributed by atoms with Crippen LogP contribution in [0.5, 0.6) is 0 Å². The number of nitrogens with one attached hydrogen (secondary N) is 1. The summed E-state index contributed by atoms with van der Waals surface area (Å²) in [7, 11) is 1.96. The van der Waals surface area contributed by atoms with Crippen molar-refractivity contribution in [1.82, 2.24) is 19.7 Å². The van der Waals surface area contributed by atoms with Crippen molar-refractivity contribution in [2.45, 2.75) is 45.7 Å². The number of hydrogen-bond acceptors (Lipinski definition) is 4. The second-order valence-corrected chi connectivity index (χ2v) is 6.75. The SMILES string of the molecule is CCCN(CC(=O)N(Cc1cccn1C)C1CC1)C(=O)NCC(=O)OCC. The van der Waals surface area contributed by atoms with Crippen molar-refractivity contribution >= 4 is 17.9 Å². The summed E-state index contributed by atoms with van der Waals surface area (Å²) in [6.45, 7) is 4.71. The van der Waals surface area contributed by atoms with E-state index in [1.165, 1.54) is 4.90 Å². The first-order valence-corrected chi connectivity index (χ1v) is 9.54. The minimum atomic E-state index is -0.489. The van der Waals surface area contributed by atoms with Gasteiger partial charge in [-0.2, -0.15) is 0 Å². The number of carbonyl (C=O) groups excluding carboxylic acids is 3. The number of aryl methyl sites for hydroxylation is 1. The van der Waals surface area contributed by atoms with Gasteiger partial charge < -0.3 is 24.4 Å². The molecule has 0 radical (unpaired) electrons. The molecule has 0 spiro atoms. The first kappa shape index (κ1) is 20.8. The molecule has 0 bridgehead atoms. The average molecular weight is 378 g/mol. The maximum absolute atomic E-state index is 12.9. The van der Waals surface area contributed by atoms with Gasteiger partial charge in [-0.05, 0) is 38.3 Å². The number of urea groups is 1. The van der Waals surface area contributed by atoms with Crippen molar-refractivity contribution < 1.29 is 19.1 Å². The molecule has 1 aromatic heterocycles. The number of nitrogens with zero attached hydrogens (tertiary/aromatic N) is 3. The molecule has 8 heteroatoms. The molecule has 1 aliphatic rings. The van der Waals surface area contributed by atoms with Gasteiger partial charge in [0.1, 0.15) is 13.1 Å². The molecule has 150 valence electrons. The van der Waals surface area contributed by atoms with Crippen LogP contribution in [0.2, 0.25) is 0 Å². The van der Waals surface area contributed by atoms with Gasteiger partial charge in [0.2, 0.25) is 5.91 Å². The molecule has 0 saturated heterocycles. The van der Waals surface area contributed by atoms with Crippen molar-refractivity contribution in [1.29, 1.82) is 0 Å². The lowest BCUT2D eigenvalue weighted by molar-refractivity contribution is -0.141. The van der Waals surface area contributed by atoms with Gasteiger partial charge in [-0.15, -0.1) is 0 Å². The van der Waals surface area contributed by atoms with Crippen LogP contribution < -0.4 is 5.32 Å². The molecular weight excluding hydrogens is 348 g/mol. The number of aromatic nitrogens is 1. The summed E-state index contributed by atoms with van der Waals surface area (Å²) in [6, 6.07) is 3.78. The van der Waals surface area contributed by atoms with Crippen LogP contribution in [0.1, 0.15) is 38.8 Å². The molecule has 1 fully saturated rings. The van der Waals surface area contributed by atoms with Crippen molar-refractivity contribution in [2.24, 2.45) is 7.05 Å². The molecule has 1 aliphatic carbocycles. The maximum Gasteiger partial charge on any atom is 0.325 e. The Hall–Kier alpha value is -2.51. The van der Waals surface area contributed by atoms with Gasteiger partial charge in [-0.3, -0.25) is 9.59 Å². The Morgan fingerprint density at radius 1 is 1.30 bits per heavy atom. The third-order valence-electron chi connectivity index (χ3n) is 4.49. The number of rotatable bonds is 10. The fourth-order valence-electron chi connectivity index (χ4n) is 2.89. The lowest BCUT2D eigenvalue weighted by atomic mass is 10.3. The Balaban J connectivity index is 1.96. The third-order valence-corrected chi connectivity index (χ3v) is 4.49. The molecule has 1 heterocycles. The normalized spacial score (nSPS) is 13.1. The highest BCUT2D eigenvalue weighted by Crippen LogP contribution is 2.28. The van der Waals surface area contributed by atoms with E-state index >= 15 is 0 Å². The standard InChI is InChI=1S/C19H30N4O4/c1-4-10-22(19(26)20-12-18(25)27-5-2)14-17(24)23(15-8-9-15)13-16-7-6-11-21(16)3/h6-7,11,15H,4-5,8-10,12-14H2,1-3H3,(H,20,26). The average Bonchev–Trinajstić information content (AvgIpc) is 3.39. The van der Waals surface area contributed by atoms with E-state index in [1.807, 2.05) is 41.8 Å². The highest BCUT2D eigenvalue weighted by Gasteiger charge is 2.34. The smallest absolute Gasteiger partial charge is 0.325 e.